The maximum Gasteiger partial charge on any atom is 0.405 e. The predicted octanol–water partition coefficient (Wildman–Crippen LogP) is 4.57. The highest BCUT2D eigenvalue weighted by Gasteiger charge is 2.62. The van der Waals surface area contributed by atoms with Crippen molar-refractivity contribution in [3.63, 3.8) is 0 Å². The van der Waals surface area contributed by atoms with Gasteiger partial charge in [0.2, 0.25) is 33.6 Å². The summed E-state index contributed by atoms with van der Waals surface area (Å²) in [6, 6.07) is 8.47. The van der Waals surface area contributed by atoms with Gasteiger partial charge in [-0.05, 0) is 99.9 Å². The van der Waals surface area contributed by atoms with Crippen LogP contribution in [0.15, 0.2) is 54.7 Å². The maximum absolute atomic E-state index is 14.6. The molecule has 2 aliphatic carbocycles. The van der Waals surface area contributed by atoms with Crippen molar-refractivity contribution < 1.29 is 46.9 Å². The molecule has 316 valence electrons. The van der Waals surface area contributed by atoms with Crippen LogP contribution in [0.25, 0.3) is 22.0 Å². The Morgan fingerprint density at radius 1 is 1.07 bits per heavy atom. The van der Waals surface area contributed by atoms with E-state index in [-0.39, 0.29) is 37.3 Å². The van der Waals surface area contributed by atoms with Crippen LogP contribution in [0.4, 0.5) is 4.79 Å². The normalized spacial score (nSPS) is 27.5. The van der Waals surface area contributed by atoms with Crippen LogP contribution in [-0.4, -0.2) is 101 Å². The van der Waals surface area contributed by atoms with Gasteiger partial charge in [-0.15, -0.1) is 0 Å². The molecular formula is C42H52N6O10S. The molecule has 7 rings (SSSR count). The van der Waals surface area contributed by atoms with Gasteiger partial charge in [-0.2, -0.15) is 0 Å². The van der Waals surface area contributed by atoms with E-state index in [9.17, 15) is 32.7 Å². The van der Waals surface area contributed by atoms with Crippen molar-refractivity contribution in [3.05, 3.63) is 54.7 Å². The largest absolute Gasteiger partial charge is 0.497 e. The summed E-state index contributed by atoms with van der Waals surface area (Å²) in [5, 5.41) is 15.9. The number of carboxylic acid groups (broad SMARTS) is 1. The summed E-state index contributed by atoms with van der Waals surface area (Å²) in [5.41, 5.74) is -0.354. The second-order valence-corrected chi connectivity index (χ2v) is 18.6. The van der Waals surface area contributed by atoms with Crippen LogP contribution < -0.4 is 29.6 Å². The zero-order valence-corrected chi connectivity index (χ0v) is 34.7. The van der Waals surface area contributed by atoms with Crippen LogP contribution in [0.3, 0.4) is 0 Å². The number of carbonyl (C=O) groups is 4. The van der Waals surface area contributed by atoms with E-state index in [1.807, 2.05) is 58.0 Å². The molecule has 3 fully saturated rings. The Labute approximate surface area is 343 Å². The first-order valence-corrected chi connectivity index (χ1v) is 21.7. The topological polar surface area (TPSA) is 215 Å². The Kier molecular flexibility index (Phi) is 11.8. The molecule has 4 aliphatic rings. The Morgan fingerprint density at radius 2 is 1.85 bits per heavy atom. The third-order valence-electron chi connectivity index (χ3n) is 11.6. The Morgan fingerprint density at radius 3 is 2.53 bits per heavy atom. The number of hydrogen-bond donors (Lipinski definition) is 4. The molecule has 2 aliphatic heterocycles. The molecule has 0 radical (unpaired) electrons. The summed E-state index contributed by atoms with van der Waals surface area (Å²) in [6.45, 7) is 7.54. The van der Waals surface area contributed by atoms with Crippen LogP contribution in [-0.2, 0) is 24.4 Å². The number of ether oxygens (including phenoxy) is 3. The fourth-order valence-electron chi connectivity index (χ4n) is 8.20. The number of nitrogens with zero attached hydrogens (tertiary/aromatic N) is 3. The Bertz CT molecular complexity index is 2250. The summed E-state index contributed by atoms with van der Waals surface area (Å²) in [6.07, 6.45) is 6.08. The number of allylic oxidation sites excluding steroid dienone is 1. The fraction of sp³-hybridized carbons (Fsp3) is 0.524. The van der Waals surface area contributed by atoms with E-state index in [0.29, 0.717) is 54.0 Å². The molecule has 17 heteroatoms. The average Bonchev–Trinajstić information content (AvgIpc) is 4.11. The number of methoxy groups -OCH3 is 1. The third-order valence-corrected chi connectivity index (χ3v) is 13.4. The Hall–Kier alpha value is -5.45. The van der Waals surface area contributed by atoms with Crippen molar-refractivity contribution >= 4 is 44.6 Å². The van der Waals surface area contributed by atoms with Gasteiger partial charge in [-0.3, -0.25) is 19.1 Å². The molecule has 59 heavy (non-hydrogen) atoms. The van der Waals surface area contributed by atoms with Crippen molar-refractivity contribution in [3.8, 4) is 28.8 Å². The summed E-state index contributed by atoms with van der Waals surface area (Å²) in [5.74, 6) is -1.65. The van der Waals surface area contributed by atoms with Gasteiger partial charge in [0.1, 0.15) is 29.5 Å². The van der Waals surface area contributed by atoms with E-state index < -0.39 is 74.7 Å². The molecule has 2 aromatic heterocycles. The fourth-order valence-corrected chi connectivity index (χ4v) is 9.56. The SMILES string of the molecule is COc1ccc2c(O[C@@H]3C[C@H]4C(=O)N[C@]5(C(=O)NS(=O)(=O)C6CC6)C[C@H]5C=CCC[C@H](C)C[C@@H](C)[C@H](NC(=O)O)C(=O)N4C3)nc(-c3ccc(OC(C)C)nc3)cc2c1. The number of pyridine rings is 2. The van der Waals surface area contributed by atoms with Gasteiger partial charge in [0.05, 0.1) is 30.7 Å². The summed E-state index contributed by atoms with van der Waals surface area (Å²) >= 11 is 0. The summed E-state index contributed by atoms with van der Waals surface area (Å²) in [7, 11) is -2.37. The third kappa shape index (κ3) is 9.24. The van der Waals surface area contributed by atoms with Gasteiger partial charge in [0.15, 0.2) is 0 Å². The number of aromatic nitrogens is 2. The molecule has 0 spiro atoms. The predicted molar refractivity (Wildman–Crippen MR) is 217 cm³/mol. The number of nitrogens with one attached hydrogen (secondary N) is 3. The van der Waals surface area contributed by atoms with Crippen LogP contribution >= 0.6 is 0 Å². The highest BCUT2D eigenvalue weighted by molar-refractivity contribution is 7.91. The van der Waals surface area contributed by atoms with Gasteiger partial charge in [-0.25, -0.2) is 23.2 Å². The van der Waals surface area contributed by atoms with Gasteiger partial charge in [-0.1, -0.05) is 26.0 Å². The van der Waals surface area contributed by atoms with E-state index in [0.717, 1.165) is 11.8 Å². The van der Waals surface area contributed by atoms with Crippen LogP contribution in [0.5, 0.6) is 17.5 Å². The minimum absolute atomic E-state index is 0.0346. The highest BCUT2D eigenvalue weighted by Crippen LogP contribution is 2.46. The van der Waals surface area contributed by atoms with E-state index in [2.05, 4.69) is 20.3 Å². The molecule has 16 nitrogen and oxygen atoms in total. The van der Waals surface area contributed by atoms with Crippen LogP contribution in [0.2, 0.25) is 0 Å². The molecule has 1 saturated heterocycles. The molecule has 4 heterocycles. The summed E-state index contributed by atoms with van der Waals surface area (Å²) < 4.78 is 45.9. The smallest absolute Gasteiger partial charge is 0.405 e. The molecule has 4 N–H and O–H groups in total. The first-order chi connectivity index (χ1) is 28.1. The zero-order valence-electron chi connectivity index (χ0n) is 33.8. The molecule has 0 bridgehead atoms. The van der Waals surface area contributed by atoms with Crippen molar-refractivity contribution in [2.24, 2.45) is 17.8 Å². The second kappa shape index (κ2) is 16.7. The average molecular weight is 833 g/mol. The molecule has 1 aromatic carbocycles. The van der Waals surface area contributed by atoms with Gasteiger partial charge < -0.3 is 34.9 Å². The number of sulfonamides is 1. The lowest BCUT2D eigenvalue weighted by atomic mass is 9.88. The number of benzene rings is 1. The second-order valence-electron chi connectivity index (χ2n) is 16.6. The summed E-state index contributed by atoms with van der Waals surface area (Å²) in [4.78, 5) is 65.7. The van der Waals surface area contributed by atoms with E-state index in [1.165, 1.54) is 4.90 Å². The van der Waals surface area contributed by atoms with E-state index >= 15 is 0 Å². The van der Waals surface area contributed by atoms with Crippen molar-refractivity contribution in [1.29, 1.82) is 0 Å². The number of fused-ring (bicyclic) bond motifs is 3. The number of rotatable bonds is 10. The van der Waals surface area contributed by atoms with Gasteiger partial charge in [0.25, 0.3) is 5.91 Å². The minimum Gasteiger partial charge on any atom is -0.497 e. The maximum atomic E-state index is 14.6. The lowest BCUT2D eigenvalue weighted by molar-refractivity contribution is -0.142. The number of carbonyl (C=O) groups excluding carboxylic acids is 3. The monoisotopic (exact) mass is 832 g/mol. The first-order valence-electron chi connectivity index (χ1n) is 20.2. The number of hydrogen-bond acceptors (Lipinski definition) is 11. The standard InChI is InChI=1S/C42H52N6O10S/c1-23(2)57-35-15-10-26(21-43-35)33-18-27-17-29(56-5)11-14-32(27)38(44-33)58-30-19-34-37(49)46-42(40(51)47-59(54,55)31-12-13-31)20-28(42)9-7-6-8-24(3)16-25(4)36(45-41(52)53)39(50)48(34)22-30/h7,9-11,14-15,17-18,21,23-25,28,30-31,34,36,45H,6,8,12-13,16,19-20,22H2,1-5H3,(H,46,49)(H,47,51)(H,52,53)/t24-,25+,28+,30+,34-,36-,42+/m0/s1. The lowest BCUT2D eigenvalue weighted by Crippen LogP contribution is -2.59. The lowest BCUT2D eigenvalue weighted by Gasteiger charge is -2.32. The minimum atomic E-state index is -3.93. The van der Waals surface area contributed by atoms with Crippen molar-refractivity contribution in [2.45, 2.75) is 108 Å². The molecule has 3 aromatic rings. The molecule has 4 amide bonds. The van der Waals surface area contributed by atoms with Gasteiger partial charge in [0, 0.05) is 35.6 Å². The molecule has 2 saturated carbocycles. The quantitative estimate of drug-likeness (QED) is 0.207. The number of amides is 4. The Balaban J connectivity index is 1.24. The molecular weight excluding hydrogens is 781 g/mol. The molecule has 7 atom stereocenters. The zero-order chi connectivity index (χ0) is 42.2. The van der Waals surface area contributed by atoms with Crippen LogP contribution in [0, 0.1) is 17.8 Å². The van der Waals surface area contributed by atoms with Crippen molar-refractivity contribution in [1.82, 2.24) is 30.2 Å². The molecule has 0 unspecified atom stereocenters. The van der Waals surface area contributed by atoms with E-state index in [4.69, 9.17) is 19.2 Å². The van der Waals surface area contributed by atoms with E-state index in [1.54, 1.807) is 31.5 Å². The van der Waals surface area contributed by atoms with Crippen LogP contribution in [0.1, 0.15) is 72.6 Å². The van der Waals surface area contributed by atoms with Gasteiger partial charge >= 0.3 is 6.09 Å². The van der Waals surface area contributed by atoms with Crippen molar-refractivity contribution in [2.75, 3.05) is 13.7 Å². The highest BCUT2D eigenvalue weighted by atomic mass is 32.2. The first kappa shape index (κ1) is 41.7.